The van der Waals surface area contributed by atoms with Crippen LogP contribution in [0.4, 0.5) is 0 Å². The molecule has 1 nitrogen and oxygen atoms in total. The van der Waals surface area contributed by atoms with E-state index in [2.05, 4.69) is 32.3 Å². The van der Waals surface area contributed by atoms with Crippen molar-refractivity contribution in [1.82, 2.24) is 0 Å². The number of halogens is 1. The Morgan fingerprint density at radius 3 is 2.44 bits per heavy atom. The molecule has 0 saturated carbocycles. The van der Waals surface area contributed by atoms with Gasteiger partial charge in [0.2, 0.25) is 0 Å². The summed E-state index contributed by atoms with van der Waals surface area (Å²) in [7, 11) is 0. The first kappa shape index (κ1) is 15.4. The molecule has 1 atom stereocenters. The quantitative estimate of drug-likeness (QED) is 0.559. The van der Waals surface area contributed by atoms with Gasteiger partial charge in [0.15, 0.2) is 0 Å². The Morgan fingerprint density at radius 2 is 1.75 bits per heavy atom. The standard InChI is InChI=1S/C14H25N.FH/c1-3-5-7-8-11-15-12-10-14(13-15)9-6-4-2;/h10,12-13H,3-9,11H2,1-2H3;1H. The summed E-state index contributed by atoms with van der Waals surface area (Å²) in [5.41, 5.74) is 1.54. The van der Waals surface area contributed by atoms with Gasteiger partial charge in [0, 0.05) is 11.6 Å². The maximum Gasteiger partial charge on any atom is 0.102 e. The third-order valence-electron chi connectivity index (χ3n) is 3.02. The Morgan fingerprint density at radius 1 is 1.00 bits per heavy atom. The summed E-state index contributed by atoms with van der Waals surface area (Å²) in [4.78, 5) is 1.55. The minimum Gasteiger partial charge on any atom is -1.00 e. The summed E-state index contributed by atoms with van der Waals surface area (Å²) in [5, 5.41) is 0. The number of hydrogen-bond acceptors (Lipinski definition) is 0. The Balaban J connectivity index is 0.00000225. The molecule has 1 aliphatic heterocycles. The lowest BCUT2D eigenvalue weighted by atomic mass is 10.1. The molecule has 1 heterocycles. The number of hydrogen-bond donors (Lipinski definition) is 1. The number of unbranched alkanes of at least 4 members (excludes halogenated alkanes) is 4. The maximum absolute atomic E-state index is 2.40. The van der Waals surface area contributed by atoms with Crippen LogP contribution >= 0.6 is 0 Å². The number of rotatable bonds is 8. The molecule has 0 radical (unpaired) electrons. The average molecular weight is 227 g/mol. The van der Waals surface area contributed by atoms with Crippen LogP contribution in [0, 0.1) is 0 Å². The van der Waals surface area contributed by atoms with E-state index in [4.69, 9.17) is 0 Å². The number of quaternary nitrogens is 1. The van der Waals surface area contributed by atoms with Crippen LogP contribution in [0.1, 0.15) is 58.8 Å². The van der Waals surface area contributed by atoms with Crippen LogP contribution in [-0.4, -0.2) is 6.54 Å². The van der Waals surface area contributed by atoms with Crippen LogP contribution in [-0.2, 0) is 0 Å². The lowest BCUT2D eigenvalue weighted by molar-refractivity contribution is -0.788. The van der Waals surface area contributed by atoms with Gasteiger partial charge in [0.05, 0.1) is 12.7 Å². The Kier molecular flexibility index (Phi) is 9.21. The van der Waals surface area contributed by atoms with Gasteiger partial charge >= 0.3 is 0 Å². The average Bonchev–Trinajstić information content (AvgIpc) is 2.69. The molecule has 1 N–H and O–H groups in total. The fourth-order valence-electron chi connectivity index (χ4n) is 2.00. The Labute approximate surface area is 99.6 Å². The summed E-state index contributed by atoms with van der Waals surface area (Å²) in [6, 6.07) is 0. The molecule has 0 amide bonds. The van der Waals surface area contributed by atoms with Crippen molar-refractivity contribution in [1.29, 1.82) is 0 Å². The van der Waals surface area contributed by atoms with Gasteiger partial charge in [0.25, 0.3) is 0 Å². The summed E-state index contributed by atoms with van der Waals surface area (Å²) >= 11 is 0. The van der Waals surface area contributed by atoms with Crippen molar-refractivity contribution in [3.8, 4) is 0 Å². The minimum atomic E-state index is 0. The Hall–Kier alpha value is -0.630. The molecule has 0 aromatic heterocycles. The van der Waals surface area contributed by atoms with E-state index in [9.17, 15) is 0 Å². The van der Waals surface area contributed by atoms with E-state index in [1.54, 1.807) is 10.5 Å². The first-order valence-corrected chi connectivity index (χ1v) is 6.61. The second-order valence-electron chi connectivity index (χ2n) is 4.54. The molecule has 16 heavy (non-hydrogen) atoms. The van der Waals surface area contributed by atoms with Gasteiger partial charge in [-0.1, -0.05) is 33.1 Å². The first-order chi connectivity index (χ1) is 7.36. The predicted octanol–water partition coefficient (Wildman–Crippen LogP) is 0.0570. The molecule has 0 bridgehead atoms. The van der Waals surface area contributed by atoms with Crippen molar-refractivity contribution in [3.05, 3.63) is 24.0 Å². The highest BCUT2D eigenvalue weighted by Crippen LogP contribution is 2.08. The summed E-state index contributed by atoms with van der Waals surface area (Å²) in [5.74, 6) is 0. The molecule has 2 heteroatoms. The molecule has 0 saturated heterocycles. The van der Waals surface area contributed by atoms with E-state index in [-0.39, 0.29) is 4.70 Å². The lowest BCUT2D eigenvalue weighted by Gasteiger charge is -2.05. The maximum atomic E-state index is 2.40. The summed E-state index contributed by atoms with van der Waals surface area (Å²) in [6.07, 6.45) is 16.4. The van der Waals surface area contributed by atoms with Crippen LogP contribution in [0.25, 0.3) is 0 Å². The molecular formula is C14H26FN. The van der Waals surface area contributed by atoms with Crippen molar-refractivity contribution >= 4 is 0 Å². The van der Waals surface area contributed by atoms with Gasteiger partial charge in [0.1, 0.15) is 6.20 Å². The van der Waals surface area contributed by atoms with Crippen molar-refractivity contribution in [2.45, 2.75) is 58.8 Å². The highest BCUT2D eigenvalue weighted by atomic mass is 19.0. The smallest absolute Gasteiger partial charge is 0.102 e. The van der Waals surface area contributed by atoms with Crippen LogP contribution in [0.2, 0.25) is 0 Å². The van der Waals surface area contributed by atoms with Gasteiger partial charge in [-0.3, -0.25) is 4.90 Å². The van der Waals surface area contributed by atoms with E-state index >= 15 is 0 Å². The number of nitrogens with one attached hydrogen (secondary N) is 1. The van der Waals surface area contributed by atoms with Gasteiger partial charge in [-0.15, -0.1) is 0 Å². The van der Waals surface area contributed by atoms with Crippen LogP contribution < -0.4 is 9.60 Å². The predicted molar refractivity (Wildman–Crippen MR) is 66.7 cm³/mol. The fourth-order valence-corrected chi connectivity index (χ4v) is 2.00. The highest BCUT2D eigenvalue weighted by molar-refractivity contribution is 5.17. The molecule has 0 aromatic carbocycles. The van der Waals surface area contributed by atoms with Crippen LogP contribution in [0.5, 0.6) is 0 Å². The van der Waals surface area contributed by atoms with E-state index in [0.717, 1.165) is 0 Å². The van der Waals surface area contributed by atoms with Gasteiger partial charge in [-0.05, 0) is 25.7 Å². The van der Waals surface area contributed by atoms with E-state index in [1.807, 2.05) is 0 Å². The van der Waals surface area contributed by atoms with Crippen molar-refractivity contribution < 1.29 is 9.60 Å². The monoisotopic (exact) mass is 227 g/mol. The van der Waals surface area contributed by atoms with E-state index in [0.29, 0.717) is 0 Å². The fraction of sp³-hybridized carbons (Fsp3) is 0.714. The molecular weight excluding hydrogens is 201 g/mol. The molecule has 1 unspecified atom stereocenters. The molecule has 0 spiro atoms. The van der Waals surface area contributed by atoms with Crippen molar-refractivity contribution in [2.75, 3.05) is 6.54 Å². The SMILES string of the molecule is CCCCCC[NH+]1C=CC(CCCC)=C1.[F-]. The molecule has 1 aliphatic rings. The van der Waals surface area contributed by atoms with E-state index < -0.39 is 0 Å². The van der Waals surface area contributed by atoms with Gasteiger partial charge in [-0.2, -0.15) is 0 Å². The number of allylic oxidation sites excluding steroid dienone is 2. The van der Waals surface area contributed by atoms with Gasteiger partial charge < -0.3 is 4.70 Å². The molecule has 94 valence electrons. The second kappa shape index (κ2) is 9.59. The highest BCUT2D eigenvalue weighted by Gasteiger charge is 2.09. The second-order valence-corrected chi connectivity index (χ2v) is 4.54. The minimum absolute atomic E-state index is 0. The van der Waals surface area contributed by atoms with Gasteiger partial charge in [-0.25, -0.2) is 0 Å². The van der Waals surface area contributed by atoms with Crippen molar-refractivity contribution in [3.63, 3.8) is 0 Å². The van der Waals surface area contributed by atoms with Crippen molar-refractivity contribution in [2.24, 2.45) is 0 Å². The van der Waals surface area contributed by atoms with Crippen LogP contribution in [0.3, 0.4) is 0 Å². The lowest BCUT2D eigenvalue weighted by Crippen LogP contribution is -3.01. The third kappa shape index (κ3) is 6.06. The molecule has 0 fully saturated rings. The molecule has 1 rings (SSSR count). The normalized spacial score (nSPS) is 18.4. The zero-order chi connectivity index (χ0) is 10.9. The first-order valence-electron chi connectivity index (χ1n) is 6.61. The zero-order valence-corrected chi connectivity index (χ0v) is 10.8. The molecule has 0 aliphatic carbocycles. The third-order valence-corrected chi connectivity index (χ3v) is 3.02. The summed E-state index contributed by atoms with van der Waals surface area (Å²) < 4.78 is 0. The topological polar surface area (TPSA) is 4.44 Å². The largest absolute Gasteiger partial charge is 1.00 e. The molecule has 0 aromatic rings. The van der Waals surface area contributed by atoms with E-state index in [1.165, 1.54) is 51.5 Å². The van der Waals surface area contributed by atoms with Crippen LogP contribution in [0.15, 0.2) is 24.0 Å². The summed E-state index contributed by atoms with van der Waals surface area (Å²) in [6.45, 7) is 5.81. The Bertz CT molecular complexity index is 221. The zero-order valence-electron chi connectivity index (χ0n) is 10.8.